The van der Waals surface area contributed by atoms with E-state index in [1.165, 1.54) is 0 Å². The number of ether oxygens (including phenoxy) is 2. The fourth-order valence-electron chi connectivity index (χ4n) is 1.81. The van der Waals surface area contributed by atoms with Gasteiger partial charge in [0.2, 0.25) is 0 Å². The zero-order chi connectivity index (χ0) is 15.2. The molecule has 2 aromatic rings. The number of hydrogen-bond acceptors (Lipinski definition) is 3. The van der Waals surface area contributed by atoms with Gasteiger partial charge in [0.05, 0.1) is 17.2 Å². The van der Waals surface area contributed by atoms with Crippen molar-refractivity contribution in [1.82, 2.24) is 0 Å². The average molecular weight is 351 g/mol. The van der Waals surface area contributed by atoms with E-state index in [0.717, 1.165) is 28.0 Å². The maximum Gasteiger partial charge on any atom is 0.141 e. The second-order valence-electron chi connectivity index (χ2n) is 4.79. The van der Waals surface area contributed by atoms with Crippen molar-refractivity contribution < 1.29 is 14.6 Å². The summed E-state index contributed by atoms with van der Waals surface area (Å²) in [6.07, 6.45) is 0.492. The highest BCUT2D eigenvalue weighted by molar-refractivity contribution is 9.10. The molecule has 1 atom stereocenters. The number of hydrogen-bond donors (Lipinski definition) is 1. The van der Waals surface area contributed by atoms with Crippen LogP contribution in [0.5, 0.6) is 17.2 Å². The van der Waals surface area contributed by atoms with E-state index in [2.05, 4.69) is 22.9 Å². The molecular weight excluding hydrogens is 332 g/mol. The summed E-state index contributed by atoms with van der Waals surface area (Å²) in [6.45, 7) is 4.52. The van der Waals surface area contributed by atoms with Crippen LogP contribution in [-0.2, 0) is 0 Å². The molecule has 0 aliphatic carbocycles. The molecule has 2 aromatic carbocycles. The van der Waals surface area contributed by atoms with Crippen LogP contribution >= 0.6 is 15.9 Å². The van der Waals surface area contributed by atoms with Crippen molar-refractivity contribution in [3.05, 3.63) is 52.5 Å². The van der Waals surface area contributed by atoms with Crippen LogP contribution < -0.4 is 9.47 Å². The van der Waals surface area contributed by atoms with Gasteiger partial charge >= 0.3 is 0 Å². The predicted molar refractivity (Wildman–Crippen MR) is 87.1 cm³/mol. The van der Waals surface area contributed by atoms with Gasteiger partial charge in [0.25, 0.3) is 0 Å². The molecule has 3 nitrogen and oxygen atoms in total. The Morgan fingerprint density at radius 3 is 2.33 bits per heavy atom. The van der Waals surface area contributed by atoms with Crippen molar-refractivity contribution in [3.63, 3.8) is 0 Å². The minimum atomic E-state index is -0.495. The summed E-state index contributed by atoms with van der Waals surface area (Å²) in [7, 11) is 0. The van der Waals surface area contributed by atoms with Crippen LogP contribution in [0.1, 0.15) is 31.9 Å². The summed E-state index contributed by atoms with van der Waals surface area (Å²) in [5, 5.41) is 9.55. The van der Waals surface area contributed by atoms with Crippen molar-refractivity contribution >= 4 is 15.9 Å². The first-order valence-electron chi connectivity index (χ1n) is 6.98. The van der Waals surface area contributed by atoms with Gasteiger partial charge < -0.3 is 14.6 Å². The van der Waals surface area contributed by atoms with Gasteiger partial charge in [-0.05, 0) is 71.2 Å². The van der Waals surface area contributed by atoms with Crippen LogP contribution in [0.25, 0.3) is 0 Å². The quantitative estimate of drug-likeness (QED) is 0.788. The monoisotopic (exact) mass is 350 g/mol. The molecule has 0 saturated carbocycles. The van der Waals surface area contributed by atoms with E-state index in [0.29, 0.717) is 12.4 Å². The lowest BCUT2D eigenvalue weighted by atomic mass is 10.1. The minimum Gasteiger partial charge on any atom is -0.494 e. The summed E-state index contributed by atoms with van der Waals surface area (Å²) in [6, 6.07) is 13.1. The zero-order valence-electron chi connectivity index (χ0n) is 12.2. The maximum absolute atomic E-state index is 9.55. The van der Waals surface area contributed by atoms with Crippen LogP contribution in [0.4, 0.5) is 0 Å². The Kier molecular flexibility index (Phi) is 5.65. The molecule has 0 fully saturated rings. The molecule has 0 aliphatic heterocycles. The molecule has 2 rings (SSSR count). The Morgan fingerprint density at radius 2 is 1.76 bits per heavy atom. The van der Waals surface area contributed by atoms with E-state index in [1.54, 1.807) is 6.92 Å². The number of rotatable bonds is 6. The molecule has 0 spiro atoms. The van der Waals surface area contributed by atoms with Crippen molar-refractivity contribution in [3.8, 4) is 17.2 Å². The number of aliphatic hydroxyl groups is 1. The smallest absolute Gasteiger partial charge is 0.141 e. The van der Waals surface area contributed by atoms with Gasteiger partial charge in [0.15, 0.2) is 0 Å². The highest BCUT2D eigenvalue weighted by Gasteiger charge is 2.07. The van der Waals surface area contributed by atoms with E-state index in [9.17, 15) is 5.11 Å². The first kappa shape index (κ1) is 15.9. The molecule has 4 heteroatoms. The lowest BCUT2D eigenvalue weighted by Crippen LogP contribution is -1.95. The molecule has 0 aromatic heterocycles. The Hall–Kier alpha value is -1.52. The van der Waals surface area contributed by atoms with Crippen molar-refractivity contribution in [2.45, 2.75) is 26.4 Å². The third-order valence-corrected chi connectivity index (χ3v) is 3.58. The molecule has 21 heavy (non-hydrogen) atoms. The Labute approximate surface area is 133 Å². The average Bonchev–Trinajstić information content (AvgIpc) is 2.48. The predicted octanol–water partition coefficient (Wildman–Crippen LogP) is 5.08. The second-order valence-corrected chi connectivity index (χ2v) is 5.64. The molecule has 1 N–H and O–H groups in total. The second kappa shape index (κ2) is 7.48. The first-order valence-corrected chi connectivity index (χ1v) is 7.77. The molecule has 0 aliphatic rings. The fourth-order valence-corrected chi connectivity index (χ4v) is 2.29. The number of benzene rings is 2. The largest absolute Gasteiger partial charge is 0.494 e. The summed E-state index contributed by atoms with van der Waals surface area (Å²) < 4.78 is 12.2. The van der Waals surface area contributed by atoms with Gasteiger partial charge in [-0.15, -0.1) is 0 Å². The zero-order valence-corrected chi connectivity index (χ0v) is 13.8. The van der Waals surface area contributed by atoms with Crippen LogP contribution in [-0.4, -0.2) is 11.7 Å². The van der Waals surface area contributed by atoms with Gasteiger partial charge in [-0.3, -0.25) is 0 Å². The van der Waals surface area contributed by atoms with Gasteiger partial charge in [-0.2, -0.15) is 0 Å². The SMILES string of the molecule is CCCOc1ccc(Oc2ccc(C(C)O)cc2Br)cc1. The minimum absolute atomic E-state index is 0.495. The van der Waals surface area contributed by atoms with Crippen molar-refractivity contribution in [2.24, 2.45) is 0 Å². The lowest BCUT2D eigenvalue weighted by molar-refractivity contribution is 0.199. The Balaban J connectivity index is 2.07. The molecule has 0 heterocycles. The van der Waals surface area contributed by atoms with Crippen LogP contribution in [0.2, 0.25) is 0 Å². The van der Waals surface area contributed by atoms with Gasteiger partial charge in [-0.25, -0.2) is 0 Å². The van der Waals surface area contributed by atoms with Crippen molar-refractivity contribution in [2.75, 3.05) is 6.61 Å². The normalized spacial score (nSPS) is 12.0. The van der Waals surface area contributed by atoms with Gasteiger partial charge in [-0.1, -0.05) is 13.0 Å². The first-order chi connectivity index (χ1) is 10.1. The molecule has 112 valence electrons. The van der Waals surface area contributed by atoms with Gasteiger partial charge in [0.1, 0.15) is 17.2 Å². The summed E-state index contributed by atoms with van der Waals surface area (Å²) in [5.74, 6) is 2.29. The highest BCUT2D eigenvalue weighted by Crippen LogP contribution is 2.32. The number of halogens is 1. The summed E-state index contributed by atoms with van der Waals surface area (Å²) in [4.78, 5) is 0. The Morgan fingerprint density at radius 1 is 1.10 bits per heavy atom. The molecular formula is C17H19BrO3. The molecule has 0 radical (unpaired) electrons. The summed E-state index contributed by atoms with van der Waals surface area (Å²) in [5.41, 5.74) is 0.845. The van der Waals surface area contributed by atoms with Crippen LogP contribution in [0.3, 0.4) is 0 Å². The van der Waals surface area contributed by atoms with E-state index in [1.807, 2.05) is 42.5 Å². The summed E-state index contributed by atoms with van der Waals surface area (Å²) >= 11 is 3.46. The lowest BCUT2D eigenvalue weighted by Gasteiger charge is -2.11. The van der Waals surface area contributed by atoms with E-state index in [-0.39, 0.29) is 0 Å². The molecule has 1 unspecified atom stereocenters. The third-order valence-electron chi connectivity index (χ3n) is 2.96. The molecule has 0 bridgehead atoms. The standard InChI is InChI=1S/C17H19BrO3/c1-3-10-20-14-5-7-15(8-6-14)21-17-9-4-13(12(2)19)11-16(17)18/h4-9,11-12,19H,3,10H2,1-2H3. The maximum atomic E-state index is 9.55. The van der Waals surface area contributed by atoms with E-state index in [4.69, 9.17) is 9.47 Å². The van der Waals surface area contributed by atoms with Gasteiger partial charge in [0, 0.05) is 0 Å². The third kappa shape index (κ3) is 4.48. The molecule has 0 saturated heterocycles. The highest BCUT2D eigenvalue weighted by atomic mass is 79.9. The molecule has 0 amide bonds. The topological polar surface area (TPSA) is 38.7 Å². The fraction of sp³-hybridized carbons (Fsp3) is 0.294. The van der Waals surface area contributed by atoms with Crippen molar-refractivity contribution in [1.29, 1.82) is 0 Å². The van der Waals surface area contributed by atoms with Crippen LogP contribution in [0.15, 0.2) is 46.9 Å². The Bertz CT molecular complexity index is 579. The van der Waals surface area contributed by atoms with E-state index < -0.39 is 6.10 Å². The van der Waals surface area contributed by atoms with Crippen LogP contribution in [0, 0.1) is 0 Å². The number of aliphatic hydroxyl groups excluding tert-OH is 1. The van der Waals surface area contributed by atoms with E-state index >= 15 is 0 Å².